The van der Waals surface area contributed by atoms with E-state index in [2.05, 4.69) is 10.3 Å². The maximum absolute atomic E-state index is 13.0. The van der Waals surface area contributed by atoms with Gasteiger partial charge in [-0.25, -0.2) is 4.98 Å². The van der Waals surface area contributed by atoms with Gasteiger partial charge < -0.3 is 11.1 Å². The molecular formula is C18H16F3N3. The number of para-hydroxylation sites is 1. The summed E-state index contributed by atoms with van der Waals surface area (Å²) in [5, 5.41) is 3.76. The molecule has 2 aromatic carbocycles. The number of anilines is 2. The van der Waals surface area contributed by atoms with Crippen LogP contribution in [0.1, 0.15) is 11.3 Å². The average molecular weight is 331 g/mol. The van der Waals surface area contributed by atoms with Crippen LogP contribution in [0.4, 0.5) is 24.5 Å². The van der Waals surface area contributed by atoms with Crippen molar-refractivity contribution in [3.63, 3.8) is 0 Å². The molecule has 0 fully saturated rings. The second kappa shape index (κ2) is 6.39. The van der Waals surface area contributed by atoms with Gasteiger partial charge in [-0.2, -0.15) is 13.2 Å². The molecule has 0 aliphatic heterocycles. The Hall–Kier alpha value is -2.76. The van der Waals surface area contributed by atoms with Crippen LogP contribution in [0.15, 0.2) is 54.6 Å². The summed E-state index contributed by atoms with van der Waals surface area (Å²) in [6.07, 6.45) is -3.80. The molecule has 0 aliphatic rings. The lowest BCUT2D eigenvalue weighted by Crippen LogP contribution is -2.11. The number of halogens is 3. The van der Waals surface area contributed by atoms with Crippen molar-refractivity contribution in [2.24, 2.45) is 0 Å². The minimum atomic E-state index is -4.47. The minimum Gasteiger partial charge on any atom is -0.399 e. The first-order chi connectivity index (χ1) is 11.4. The zero-order valence-corrected chi connectivity index (χ0v) is 12.8. The molecule has 0 bridgehead atoms. The highest BCUT2D eigenvalue weighted by molar-refractivity contribution is 5.91. The van der Waals surface area contributed by atoms with E-state index < -0.39 is 11.9 Å². The molecule has 24 heavy (non-hydrogen) atoms. The van der Waals surface area contributed by atoms with Crippen LogP contribution in [0.25, 0.3) is 10.9 Å². The second-order valence-electron chi connectivity index (χ2n) is 5.49. The monoisotopic (exact) mass is 331 g/mol. The van der Waals surface area contributed by atoms with Gasteiger partial charge in [0.05, 0.1) is 5.52 Å². The standard InChI is InChI=1S/C18H16F3N3/c19-18(20,21)17-11-16(14-3-1-2-4-15(14)24-17)23-10-9-12-5-7-13(22)8-6-12/h1-8,11H,9-10,22H2,(H,23,24). The molecule has 0 saturated heterocycles. The predicted octanol–water partition coefficient (Wildman–Crippen LogP) is 4.49. The summed E-state index contributed by atoms with van der Waals surface area (Å²) in [6.45, 7) is 0.509. The normalized spacial score (nSPS) is 11.6. The van der Waals surface area contributed by atoms with Gasteiger partial charge in [0.2, 0.25) is 0 Å². The third-order valence-electron chi connectivity index (χ3n) is 3.72. The fraction of sp³-hybridized carbons (Fsp3) is 0.167. The Morgan fingerprint density at radius 2 is 1.71 bits per heavy atom. The molecule has 0 atom stereocenters. The van der Waals surface area contributed by atoms with Crippen LogP contribution in [-0.2, 0) is 12.6 Å². The number of nitrogens with zero attached hydrogens (tertiary/aromatic N) is 1. The minimum absolute atomic E-state index is 0.322. The van der Waals surface area contributed by atoms with Crippen molar-refractivity contribution < 1.29 is 13.2 Å². The first kappa shape index (κ1) is 16.1. The average Bonchev–Trinajstić information content (AvgIpc) is 2.55. The summed E-state index contributed by atoms with van der Waals surface area (Å²) in [6, 6.07) is 15.3. The van der Waals surface area contributed by atoms with Gasteiger partial charge in [0, 0.05) is 23.3 Å². The number of aromatic nitrogens is 1. The molecule has 3 rings (SSSR count). The van der Waals surface area contributed by atoms with E-state index >= 15 is 0 Å². The highest BCUT2D eigenvalue weighted by Crippen LogP contribution is 2.32. The van der Waals surface area contributed by atoms with Gasteiger partial charge in [-0.15, -0.1) is 0 Å². The lowest BCUT2D eigenvalue weighted by atomic mass is 10.1. The highest BCUT2D eigenvalue weighted by Gasteiger charge is 2.33. The SMILES string of the molecule is Nc1ccc(CCNc2cc(C(F)(F)F)nc3ccccc23)cc1. The van der Waals surface area contributed by atoms with Crippen molar-refractivity contribution in [2.75, 3.05) is 17.6 Å². The van der Waals surface area contributed by atoms with E-state index in [-0.39, 0.29) is 0 Å². The van der Waals surface area contributed by atoms with Crippen molar-refractivity contribution in [3.05, 3.63) is 65.9 Å². The number of nitrogens with two attached hydrogens (primary N) is 1. The van der Waals surface area contributed by atoms with Crippen molar-refractivity contribution in [1.82, 2.24) is 4.98 Å². The molecular weight excluding hydrogens is 315 g/mol. The molecule has 0 amide bonds. The van der Waals surface area contributed by atoms with Crippen LogP contribution in [0.2, 0.25) is 0 Å². The van der Waals surface area contributed by atoms with E-state index in [9.17, 15) is 13.2 Å². The molecule has 1 heterocycles. The van der Waals surface area contributed by atoms with E-state index in [1.807, 2.05) is 12.1 Å². The molecule has 0 radical (unpaired) electrons. The van der Waals surface area contributed by atoms with Crippen molar-refractivity contribution in [3.8, 4) is 0 Å². The molecule has 3 N–H and O–H groups in total. The third-order valence-corrected chi connectivity index (χ3v) is 3.72. The summed E-state index contributed by atoms with van der Waals surface area (Å²) in [4.78, 5) is 3.70. The Morgan fingerprint density at radius 1 is 1.00 bits per heavy atom. The first-order valence-corrected chi connectivity index (χ1v) is 7.49. The number of hydrogen-bond donors (Lipinski definition) is 2. The number of nitrogens with one attached hydrogen (secondary N) is 1. The van der Waals surface area contributed by atoms with Crippen LogP contribution in [0.3, 0.4) is 0 Å². The topological polar surface area (TPSA) is 50.9 Å². The molecule has 3 aromatic rings. The number of hydrogen-bond acceptors (Lipinski definition) is 3. The highest BCUT2D eigenvalue weighted by atomic mass is 19.4. The molecule has 0 saturated carbocycles. The van der Waals surface area contributed by atoms with Gasteiger partial charge in [0.25, 0.3) is 0 Å². The van der Waals surface area contributed by atoms with Gasteiger partial charge >= 0.3 is 6.18 Å². The summed E-state index contributed by atoms with van der Waals surface area (Å²) in [7, 11) is 0. The molecule has 1 aromatic heterocycles. The van der Waals surface area contributed by atoms with Crippen LogP contribution >= 0.6 is 0 Å². The molecule has 0 aliphatic carbocycles. The smallest absolute Gasteiger partial charge is 0.399 e. The van der Waals surface area contributed by atoms with Crippen LogP contribution in [0.5, 0.6) is 0 Å². The summed E-state index contributed by atoms with van der Waals surface area (Å²) >= 11 is 0. The third kappa shape index (κ3) is 3.59. The lowest BCUT2D eigenvalue weighted by molar-refractivity contribution is -0.140. The van der Waals surface area contributed by atoms with E-state index in [0.29, 0.717) is 35.2 Å². The summed E-state index contributed by atoms with van der Waals surface area (Å²) in [5.41, 5.74) is 7.24. The predicted molar refractivity (Wildman–Crippen MR) is 89.8 cm³/mol. The Balaban J connectivity index is 1.83. The number of rotatable bonds is 4. The van der Waals surface area contributed by atoms with Crippen LogP contribution < -0.4 is 11.1 Å². The Bertz CT molecular complexity index is 842. The zero-order chi connectivity index (χ0) is 17.2. The summed E-state index contributed by atoms with van der Waals surface area (Å²) in [5.74, 6) is 0. The quantitative estimate of drug-likeness (QED) is 0.693. The first-order valence-electron chi connectivity index (χ1n) is 7.49. The van der Waals surface area contributed by atoms with Gasteiger partial charge in [0.15, 0.2) is 0 Å². The zero-order valence-electron chi connectivity index (χ0n) is 12.8. The van der Waals surface area contributed by atoms with Gasteiger partial charge in [-0.05, 0) is 36.2 Å². The largest absolute Gasteiger partial charge is 0.433 e. The van der Waals surface area contributed by atoms with Crippen LogP contribution in [-0.4, -0.2) is 11.5 Å². The van der Waals surface area contributed by atoms with E-state index in [1.54, 1.807) is 36.4 Å². The molecule has 0 unspecified atom stereocenters. The number of pyridine rings is 1. The van der Waals surface area contributed by atoms with Crippen molar-refractivity contribution in [1.29, 1.82) is 0 Å². The Labute approximate surface area is 137 Å². The second-order valence-corrected chi connectivity index (χ2v) is 5.49. The maximum Gasteiger partial charge on any atom is 0.433 e. The molecule has 0 spiro atoms. The van der Waals surface area contributed by atoms with E-state index in [4.69, 9.17) is 5.73 Å². The Morgan fingerprint density at radius 3 is 2.42 bits per heavy atom. The van der Waals surface area contributed by atoms with E-state index in [1.165, 1.54) is 0 Å². The fourth-order valence-corrected chi connectivity index (χ4v) is 2.49. The number of alkyl halides is 3. The number of fused-ring (bicyclic) bond motifs is 1. The number of nitrogen functional groups attached to an aromatic ring is 1. The number of benzene rings is 2. The van der Waals surface area contributed by atoms with Gasteiger partial charge in [-0.1, -0.05) is 30.3 Å². The molecule has 3 nitrogen and oxygen atoms in total. The Kier molecular flexibility index (Phi) is 4.29. The maximum atomic E-state index is 13.0. The summed E-state index contributed by atoms with van der Waals surface area (Å²) < 4.78 is 39.1. The van der Waals surface area contributed by atoms with Gasteiger partial charge in [0.1, 0.15) is 5.69 Å². The van der Waals surface area contributed by atoms with Crippen molar-refractivity contribution >= 4 is 22.3 Å². The van der Waals surface area contributed by atoms with E-state index in [0.717, 1.165) is 11.6 Å². The van der Waals surface area contributed by atoms with Gasteiger partial charge in [-0.3, -0.25) is 0 Å². The van der Waals surface area contributed by atoms with Crippen LogP contribution in [0, 0.1) is 0 Å². The fourth-order valence-electron chi connectivity index (χ4n) is 2.49. The van der Waals surface area contributed by atoms with Crippen molar-refractivity contribution in [2.45, 2.75) is 12.6 Å². The lowest BCUT2D eigenvalue weighted by Gasteiger charge is -2.13. The molecule has 124 valence electrons. The molecule has 6 heteroatoms.